The summed E-state index contributed by atoms with van der Waals surface area (Å²) in [7, 11) is 0. The third kappa shape index (κ3) is 5.71. The van der Waals surface area contributed by atoms with E-state index in [9.17, 15) is 24.6 Å². The summed E-state index contributed by atoms with van der Waals surface area (Å²) >= 11 is 0. The molecule has 7 nitrogen and oxygen atoms in total. The summed E-state index contributed by atoms with van der Waals surface area (Å²) < 4.78 is 4.77. The Bertz CT molecular complexity index is 545. The smallest absolute Gasteiger partial charge is 0.326 e. The van der Waals surface area contributed by atoms with Crippen molar-refractivity contribution in [1.82, 2.24) is 5.32 Å². The van der Waals surface area contributed by atoms with Gasteiger partial charge in [-0.1, -0.05) is 37.3 Å². The van der Waals surface area contributed by atoms with Gasteiger partial charge in [-0.2, -0.15) is 0 Å². The van der Waals surface area contributed by atoms with Crippen LogP contribution in [0.4, 0.5) is 0 Å². The quantitative estimate of drug-likeness (QED) is 0.612. The number of nitrogens with one attached hydrogen (secondary N) is 1. The summed E-state index contributed by atoms with van der Waals surface area (Å²) in [4.78, 5) is 34.8. The van der Waals surface area contributed by atoms with Gasteiger partial charge in [-0.3, -0.25) is 9.59 Å². The van der Waals surface area contributed by atoms with E-state index >= 15 is 0 Å². The van der Waals surface area contributed by atoms with Gasteiger partial charge in [0, 0.05) is 0 Å². The van der Waals surface area contributed by atoms with Gasteiger partial charge in [0.25, 0.3) is 5.91 Å². The molecule has 0 aliphatic rings. The SMILES string of the molecule is CCOC(=O)C[C@@H](C)[C@H](NC(=O)[C@@H](O)c1ccccc1)C(=O)O. The number of benzene rings is 1. The number of hydrogen-bond acceptors (Lipinski definition) is 5. The van der Waals surface area contributed by atoms with Crippen LogP contribution < -0.4 is 5.32 Å². The number of esters is 1. The highest BCUT2D eigenvalue weighted by atomic mass is 16.5. The molecule has 7 heteroatoms. The molecule has 3 atom stereocenters. The van der Waals surface area contributed by atoms with E-state index in [1.807, 2.05) is 0 Å². The predicted molar refractivity (Wildman–Crippen MR) is 81.4 cm³/mol. The number of aliphatic carboxylic acids is 1. The molecule has 0 fully saturated rings. The molecule has 23 heavy (non-hydrogen) atoms. The van der Waals surface area contributed by atoms with Crippen LogP contribution in [0.15, 0.2) is 30.3 Å². The topological polar surface area (TPSA) is 113 Å². The number of aliphatic hydroxyl groups is 1. The number of carboxylic acids is 1. The molecular weight excluding hydrogens is 302 g/mol. The predicted octanol–water partition coefficient (Wildman–Crippen LogP) is 0.879. The maximum atomic E-state index is 12.0. The summed E-state index contributed by atoms with van der Waals surface area (Å²) in [5.41, 5.74) is 0.354. The van der Waals surface area contributed by atoms with Crippen LogP contribution in [0.3, 0.4) is 0 Å². The third-order valence-electron chi connectivity index (χ3n) is 3.29. The van der Waals surface area contributed by atoms with E-state index in [0.717, 1.165) is 0 Å². The van der Waals surface area contributed by atoms with E-state index in [1.54, 1.807) is 37.3 Å². The molecule has 0 saturated heterocycles. The van der Waals surface area contributed by atoms with E-state index < -0.39 is 35.9 Å². The lowest BCUT2D eigenvalue weighted by molar-refractivity contribution is -0.148. The minimum Gasteiger partial charge on any atom is -0.480 e. The molecule has 0 bridgehead atoms. The molecule has 0 radical (unpaired) electrons. The Balaban J connectivity index is 2.73. The van der Waals surface area contributed by atoms with E-state index in [-0.39, 0.29) is 13.0 Å². The molecule has 1 amide bonds. The summed E-state index contributed by atoms with van der Waals surface area (Å²) in [5, 5.41) is 21.5. The fourth-order valence-electron chi connectivity index (χ4n) is 2.07. The molecule has 0 saturated carbocycles. The standard InChI is InChI=1S/C16H21NO6/c1-3-23-12(18)9-10(2)13(16(21)22)17-15(20)14(19)11-7-5-4-6-8-11/h4-8,10,13-14,19H,3,9H2,1-2H3,(H,17,20)(H,21,22)/t10-,13+,14+/m1/s1. The molecule has 0 unspecified atom stereocenters. The van der Waals surface area contributed by atoms with Crippen molar-refractivity contribution in [1.29, 1.82) is 0 Å². The highest BCUT2D eigenvalue weighted by molar-refractivity contribution is 5.87. The highest BCUT2D eigenvalue weighted by Gasteiger charge is 2.30. The number of carboxylic acid groups (broad SMARTS) is 1. The van der Waals surface area contributed by atoms with Gasteiger partial charge in [-0.25, -0.2) is 4.79 Å². The van der Waals surface area contributed by atoms with Crippen LogP contribution in [0.1, 0.15) is 31.9 Å². The molecule has 0 aromatic heterocycles. The Kier molecular flexibility index (Phi) is 7.21. The Morgan fingerprint density at radius 2 is 1.83 bits per heavy atom. The number of hydrogen-bond donors (Lipinski definition) is 3. The minimum absolute atomic E-state index is 0.146. The van der Waals surface area contributed by atoms with E-state index in [0.29, 0.717) is 5.56 Å². The molecule has 1 aromatic carbocycles. The second kappa shape index (κ2) is 8.89. The number of carbonyl (C=O) groups is 3. The number of aliphatic hydroxyl groups excluding tert-OH is 1. The largest absolute Gasteiger partial charge is 0.480 e. The van der Waals surface area contributed by atoms with Gasteiger partial charge in [-0.15, -0.1) is 0 Å². The first-order chi connectivity index (χ1) is 10.9. The zero-order valence-corrected chi connectivity index (χ0v) is 13.1. The first kappa shape index (κ1) is 18.6. The van der Waals surface area contributed by atoms with Gasteiger partial charge in [-0.05, 0) is 18.4 Å². The van der Waals surface area contributed by atoms with E-state index in [4.69, 9.17) is 4.74 Å². The second-order valence-electron chi connectivity index (χ2n) is 5.12. The van der Waals surface area contributed by atoms with Crippen LogP contribution >= 0.6 is 0 Å². The average molecular weight is 323 g/mol. The maximum Gasteiger partial charge on any atom is 0.326 e. The average Bonchev–Trinajstić information content (AvgIpc) is 2.52. The number of amides is 1. The van der Waals surface area contributed by atoms with Crippen molar-refractivity contribution >= 4 is 17.8 Å². The Morgan fingerprint density at radius 1 is 1.22 bits per heavy atom. The van der Waals surface area contributed by atoms with Gasteiger partial charge >= 0.3 is 11.9 Å². The molecule has 0 heterocycles. The lowest BCUT2D eigenvalue weighted by Gasteiger charge is -2.22. The first-order valence-corrected chi connectivity index (χ1v) is 7.28. The lowest BCUT2D eigenvalue weighted by Crippen LogP contribution is -2.47. The van der Waals surface area contributed by atoms with Crippen molar-refractivity contribution in [3.8, 4) is 0 Å². The van der Waals surface area contributed by atoms with Crippen molar-refractivity contribution in [3.05, 3.63) is 35.9 Å². The van der Waals surface area contributed by atoms with Gasteiger partial charge in [0.2, 0.25) is 0 Å². The Morgan fingerprint density at radius 3 is 2.35 bits per heavy atom. The van der Waals surface area contributed by atoms with Crippen molar-refractivity contribution in [3.63, 3.8) is 0 Å². The van der Waals surface area contributed by atoms with Crippen LogP contribution in [0.5, 0.6) is 0 Å². The number of rotatable bonds is 8. The molecule has 0 aliphatic carbocycles. The molecule has 1 rings (SSSR count). The lowest BCUT2D eigenvalue weighted by atomic mass is 9.97. The van der Waals surface area contributed by atoms with Crippen LogP contribution in [-0.4, -0.2) is 40.7 Å². The summed E-state index contributed by atoms with van der Waals surface area (Å²) in [5.74, 6) is -3.34. The van der Waals surface area contributed by atoms with Crippen molar-refractivity contribution in [2.75, 3.05) is 6.61 Å². The Labute approximate surface area is 134 Å². The van der Waals surface area contributed by atoms with Crippen molar-refractivity contribution < 1.29 is 29.3 Å². The molecule has 3 N–H and O–H groups in total. The third-order valence-corrected chi connectivity index (χ3v) is 3.29. The van der Waals surface area contributed by atoms with Gasteiger partial charge in [0.15, 0.2) is 6.10 Å². The molecule has 126 valence electrons. The number of carbonyl (C=O) groups excluding carboxylic acids is 2. The monoisotopic (exact) mass is 323 g/mol. The van der Waals surface area contributed by atoms with E-state index in [2.05, 4.69) is 5.32 Å². The van der Waals surface area contributed by atoms with Crippen molar-refractivity contribution in [2.24, 2.45) is 5.92 Å². The van der Waals surface area contributed by atoms with Crippen molar-refractivity contribution in [2.45, 2.75) is 32.4 Å². The molecule has 1 aromatic rings. The van der Waals surface area contributed by atoms with Crippen LogP contribution in [0.2, 0.25) is 0 Å². The van der Waals surface area contributed by atoms with Crippen LogP contribution in [0.25, 0.3) is 0 Å². The maximum absolute atomic E-state index is 12.0. The van der Waals surface area contributed by atoms with Gasteiger partial charge < -0.3 is 20.3 Å². The van der Waals surface area contributed by atoms with Gasteiger partial charge in [0.1, 0.15) is 6.04 Å². The Hall–Kier alpha value is -2.41. The van der Waals surface area contributed by atoms with Crippen LogP contribution in [-0.2, 0) is 19.1 Å². The van der Waals surface area contributed by atoms with E-state index in [1.165, 1.54) is 6.92 Å². The fraction of sp³-hybridized carbons (Fsp3) is 0.438. The normalized spacial score (nSPS) is 14.4. The first-order valence-electron chi connectivity index (χ1n) is 7.28. The second-order valence-corrected chi connectivity index (χ2v) is 5.12. The summed E-state index contributed by atoms with van der Waals surface area (Å²) in [6.07, 6.45) is -1.63. The fourth-order valence-corrected chi connectivity index (χ4v) is 2.07. The zero-order valence-electron chi connectivity index (χ0n) is 13.1. The molecule has 0 spiro atoms. The zero-order chi connectivity index (χ0) is 17.4. The molecular formula is C16H21NO6. The summed E-state index contributed by atoms with van der Waals surface area (Å²) in [6, 6.07) is 6.86. The minimum atomic E-state index is -1.48. The highest BCUT2D eigenvalue weighted by Crippen LogP contribution is 2.15. The van der Waals surface area contributed by atoms with Crippen LogP contribution in [0, 0.1) is 5.92 Å². The molecule has 0 aliphatic heterocycles. The number of ether oxygens (including phenoxy) is 1. The van der Waals surface area contributed by atoms with Gasteiger partial charge in [0.05, 0.1) is 13.0 Å². The summed E-state index contributed by atoms with van der Waals surface area (Å²) in [6.45, 7) is 3.36.